The first kappa shape index (κ1) is 16.5. The third-order valence-corrected chi connectivity index (χ3v) is 3.75. The average molecular weight is 270 g/mol. The van der Waals surface area contributed by atoms with Gasteiger partial charge in [0.15, 0.2) is 5.60 Å². The van der Waals surface area contributed by atoms with E-state index < -0.39 is 5.60 Å². The van der Waals surface area contributed by atoms with Crippen molar-refractivity contribution < 1.29 is 14.3 Å². The predicted octanol–water partition coefficient (Wildman–Crippen LogP) is 3.95. The molecule has 0 radical (unpaired) electrons. The summed E-state index contributed by atoms with van der Waals surface area (Å²) in [7, 11) is 0. The first-order valence-corrected chi connectivity index (χ1v) is 7.71. The van der Waals surface area contributed by atoms with Crippen molar-refractivity contribution in [2.45, 2.75) is 78.4 Å². The Hall–Kier alpha value is -0.570. The zero-order chi connectivity index (χ0) is 14.7. The summed E-state index contributed by atoms with van der Waals surface area (Å²) >= 11 is 0. The zero-order valence-corrected chi connectivity index (χ0v) is 13.4. The number of epoxide rings is 1. The van der Waals surface area contributed by atoms with E-state index in [0.717, 1.165) is 25.7 Å². The van der Waals surface area contributed by atoms with Crippen molar-refractivity contribution in [2.24, 2.45) is 11.8 Å². The van der Waals surface area contributed by atoms with Crippen LogP contribution in [0.3, 0.4) is 0 Å². The molecule has 0 aliphatic carbocycles. The van der Waals surface area contributed by atoms with Gasteiger partial charge < -0.3 is 9.47 Å². The van der Waals surface area contributed by atoms with Crippen molar-refractivity contribution in [1.82, 2.24) is 0 Å². The van der Waals surface area contributed by atoms with Gasteiger partial charge >= 0.3 is 5.97 Å². The fourth-order valence-corrected chi connectivity index (χ4v) is 3.33. The Labute approximate surface area is 118 Å². The second-order valence-electron chi connectivity index (χ2n) is 6.59. The van der Waals surface area contributed by atoms with E-state index in [1.807, 2.05) is 6.92 Å². The molecule has 1 atom stereocenters. The third kappa shape index (κ3) is 3.31. The highest BCUT2D eigenvalue weighted by Gasteiger charge is 2.74. The molecule has 3 nitrogen and oxygen atoms in total. The second-order valence-corrected chi connectivity index (χ2v) is 6.59. The van der Waals surface area contributed by atoms with Crippen LogP contribution in [0.1, 0.15) is 67.2 Å². The Bertz CT molecular complexity index is 299. The molecule has 0 spiro atoms. The topological polar surface area (TPSA) is 38.8 Å². The molecule has 1 aliphatic rings. The highest BCUT2D eigenvalue weighted by Crippen LogP contribution is 2.58. The molecule has 0 aromatic heterocycles. The van der Waals surface area contributed by atoms with Crippen LogP contribution in [0.5, 0.6) is 0 Å². The van der Waals surface area contributed by atoms with Crippen LogP contribution in [0.25, 0.3) is 0 Å². The molecule has 0 N–H and O–H groups in total. The van der Waals surface area contributed by atoms with Gasteiger partial charge in [-0.15, -0.1) is 0 Å². The molecular formula is C16H30O3. The van der Waals surface area contributed by atoms with Crippen molar-refractivity contribution in [2.75, 3.05) is 6.61 Å². The quantitative estimate of drug-likeness (QED) is 0.495. The lowest BCUT2D eigenvalue weighted by Gasteiger charge is -2.22. The summed E-state index contributed by atoms with van der Waals surface area (Å²) in [5, 5.41) is 0. The summed E-state index contributed by atoms with van der Waals surface area (Å²) in [6, 6.07) is 0. The number of hydrogen-bond acceptors (Lipinski definition) is 3. The fourth-order valence-electron chi connectivity index (χ4n) is 3.33. The average Bonchev–Trinajstić information content (AvgIpc) is 2.85. The van der Waals surface area contributed by atoms with Crippen LogP contribution in [0, 0.1) is 11.8 Å². The van der Waals surface area contributed by atoms with Gasteiger partial charge in [0.2, 0.25) is 0 Å². The van der Waals surface area contributed by atoms with Crippen molar-refractivity contribution in [3.05, 3.63) is 0 Å². The zero-order valence-electron chi connectivity index (χ0n) is 13.4. The Morgan fingerprint density at radius 1 is 1.11 bits per heavy atom. The largest absolute Gasteiger partial charge is 0.464 e. The van der Waals surface area contributed by atoms with Crippen molar-refractivity contribution >= 4 is 5.97 Å². The monoisotopic (exact) mass is 270 g/mol. The van der Waals surface area contributed by atoms with Crippen LogP contribution < -0.4 is 0 Å². The SMILES string of the molecule is CCCC1(C(=O)OCC)OC1(CC(C)C)CC(C)C. The summed E-state index contributed by atoms with van der Waals surface area (Å²) in [6.07, 6.45) is 3.58. The second kappa shape index (κ2) is 6.25. The lowest BCUT2D eigenvalue weighted by molar-refractivity contribution is -0.150. The molecule has 1 rings (SSSR count). The van der Waals surface area contributed by atoms with Crippen molar-refractivity contribution in [1.29, 1.82) is 0 Å². The molecule has 1 fully saturated rings. The highest BCUT2D eigenvalue weighted by molar-refractivity contribution is 5.85. The number of ether oxygens (including phenoxy) is 2. The molecule has 0 bridgehead atoms. The Balaban J connectivity index is 2.95. The van der Waals surface area contributed by atoms with Gasteiger partial charge in [-0.25, -0.2) is 4.79 Å². The minimum Gasteiger partial charge on any atom is -0.464 e. The lowest BCUT2D eigenvalue weighted by atomic mass is 9.78. The highest BCUT2D eigenvalue weighted by atomic mass is 16.7. The van der Waals surface area contributed by atoms with Crippen LogP contribution in [-0.4, -0.2) is 23.8 Å². The number of rotatable bonds is 8. The van der Waals surface area contributed by atoms with E-state index in [4.69, 9.17) is 9.47 Å². The number of carbonyl (C=O) groups excluding carboxylic acids is 1. The molecular weight excluding hydrogens is 240 g/mol. The molecule has 3 heteroatoms. The fraction of sp³-hybridized carbons (Fsp3) is 0.938. The van der Waals surface area contributed by atoms with Crippen LogP contribution >= 0.6 is 0 Å². The summed E-state index contributed by atoms with van der Waals surface area (Å²) in [5.74, 6) is 0.886. The van der Waals surface area contributed by atoms with E-state index in [-0.39, 0.29) is 11.6 Å². The van der Waals surface area contributed by atoms with Gasteiger partial charge in [-0.3, -0.25) is 0 Å². The molecule has 1 aliphatic heterocycles. The van der Waals surface area contributed by atoms with Gasteiger partial charge in [0.05, 0.1) is 6.61 Å². The maximum Gasteiger partial charge on any atom is 0.341 e. The van der Waals surface area contributed by atoms with E-state index in [2.05, 4.69) is 34.6 Å². The summed E-state index contributed by atoms with van der Waals surface area (Å²) < 4.78 is 11.4. The predicted molar refractivity (Wildman–Crippen MR) is 77.0 cm³/mol. The number of hydrogen-bond donors (Lipinski definition) is 0. The molecule has 0 saturated carbocycles. The van der Waals surface area contributed by atoms with E-state index in [9.17, 15) is 4.79 Å². The van der Waals surface area contributed by atoms with Gasteiger partial charge in [0.25, 0.3) is 0 Å². The maximum absolute atomic E-state index is 12.3. The third-order valence-electron chi connectivity index (χ3n) is 3.75. The van der Waals surface area contributed by atoms with Crippen LogP contribution in [0.2, 0.25) is 0 Å². The molecule has 1 unspecified atom stereocenters. The van der Waals surface area contributed by atoms with E-state index >= 15 is 0 Å². The first-order chi connectivity index (χ1) is 8.83. The normalized spacial score (nSPS) is 24.8. The standard InChI is InChI=1S/C16H30O3/c1-7-9-16(14(17)18-8-2)15(19-16,10-12(3)4)11-13(5)6/h12-13H,7-11H2,1-6H3. The Morgan fingerprint density at radius 2 is 1.63 bits per heavy atom. The number of carbonyl (C=O) groups is 1. The first-order valence-electron chi connectivity index (χ1n) is 7.71. The van der Waals surface area contributed by atoms with Gasteiger partial charge in [0.1, 0.15) is 5.60 Å². The van der Waals surface area contributed by atoms with E-state index in [0.29, 0.717) is 18.4 Å². The lowest BCUT2D eigenvalue weighted by Crippen LogP contribution is -2.37. The minimum atomic E-state index is -0.674. The van der Waals surface area contributed by atoms with Crippen LogP contribution in [0.4, 0.5) is 0 Å². The van der Waals surface area contributed by atoms with Gasteiger partial charge in [-0.2, -0.15) is 0 Å². The van der Waals surface area contributed by atoms with Crippen molar-refractivity contribution in [3.63, 3.8) is 0 Å². The molecule has 1 heterocycles. The molecule has 112 valence electrons. The van der Waals surface area contributed by atoms with Crippen LogP contribution in [0.15, 0.2) is 0 Å². The molecule has 19 heavy (non-hydrogen) atoms. The van der Waals surface area contributed by atoms with Gasteiger partial charge in [-0.1, -0.05) is 41.0 Å². The van der Waals surface area contributed by atoms with E-state index in [1.165, 1.54) is 0 Å². The summed E-state index contributed by atoms with van der Waals surface area (Å²) in [4.78, 5) is 12.3. The smallest absolute Gasteiger partial charge is 0.341 e. The van der Waals surface area contributed by atoms with Gasteiger partial charge in [0, 0.05) is 0 Å². The van der Waals surface area contributed by atoms with Crippen LogP contribution in [-0.2, 0) is 14.3 Å². The molecule has 0 amide bonds. The Kier molecular flexibility index (Phi) is 5.43. The maximum atomic E-state index is 12.3. The van der Waals surface area contributed by atoms with E-state index in [1.54, 1.807) is 0 Å². The Morgan fingerprint density at radius 3 is 2.00 bits per heavy atom. The summed E-state index contributed by atoms with van der Waals surface area (Å²) in [5.41, 5.74) is -0.968. The van der Waals surface area contributed by atoms with Crippen molar-refractivity contribution in [3.8, 4) is 0 Å². The molecule has 1 saturated heterocycles. The van der Waals surface area contributed by atoms with Gasteiger partial charge in [-0.05, 0) is 38.0 Å². The number of esters is 1. The molecule has 0 aromatic carbocycles. The molecule has 0 aromatic rings. The summed E-state index contributed by atoms with van der Waals surface area (Å²) in [6.45, 7) is 13.1. The minimum absolute atomic E-state index is 0.154.